The first-order valence-corrected chi connectivity index (χ1v) is 9.16. The second-order valence-corrected chi connectivity index (χ2v) is 7.22. The zero-order valence-corrected chi connectivity index (χ0v) is 16.8. The summed E-state index contributed by atoms with van der Waals surface area (Å²) in [5, 5.41) is 2.42. The summed E-state index contributed by atoms with van der Waals surface area (Å²) in [6.45, 7) is 3.81. The minimum absolute atomic E-state index is 0.191. The molecular weight excluding hydrogens is 366 g/mol. The predicted octanol–water partition coefficient (Wildman–Crippen LogP) is 3.92. The fourth-order valence-corrected chi connectivity index (χ4v) is 3.24. The second-order valence-electron chi connectivity index (χ2n) is 5.81. The van der Waals surface area contributed by atoms with Crippen molar-refractivity contribution in [1.82, 2.24) is 0 Å². The molecule has 7 heteroatoms. The van der Waals surface area contributed by atoms with Gasteiger partial charge in [-0.1, -0.05) is 17.7 Å². The average Bonchev–Trinajstić information content (AvgIpc) is 2.68. The van der Waals surface area contributed by atoms with Crippen molar-refractivity contribution >= 4 is 29.3 Å². The lowest BCUT2D eigenvalue weighted by molar-refractivity contribution is -0.115. The Labute approximate surface area is 163 Å². The number of hydrogen-bond acceptors (Lipinski definition) is 6. The maximum Gasteiger partial charge on any atom is 0.340 e. The molecule has 0 bridgehead atoms. The van der Waals surface area contributed by atoms with Crippen LogP contribution in [0.3, 0.4) is 0 Å². The molecule has 2 aromatic rings. The Bertz CT molecular complexity index is 820. The highest BCUT2D eigenvalue weighted by Gasteiger charge is 2.21. The van der Waals surface area contributed by atoms with Crippen molar-refractivity contribution in [2.24, 2.45) is 0 Å². The lowest BCUT2D eigenvalue weighted by Crippen LogP contribution is -2.24. The van der Waals surface area contributed by atoms with Gasteiger partial charge in [0, 0.05) is 17.0 Å². The molecule has 0 aromatic heterocycles. The monoisotopic (exact) mass is 389 g/mol. The Kier molecular flexibility index (Phi) is 7.12. The van der Waals surface area contributed by atoms with Crippen molar-refractivity contribution in [3.63, 3.8) is 0 Å². The zero-order chi connectivity index (χ0) is 20.0. The molecule has 2 rings (SSSR count). The molecule has 1 atom stereocenters. The normalized spacial score (nSPS) is 11.4. The highest BCUT2D eigenvalue weighted by molar-refractivity contribution is 8.00. The van der Waals surface area contributed by atoms with Crippen LogP contribution in [0.25, 0.3) is 0 Å². The van der Waals surface area contributed by atoms with E-state index in [0.717, 1.165) is 10.5 Å². The van der Waals surface area contributed by atoms with Gasteiger partial charge in [0.15, 0.2) is 11.5 Å². The molecule has 0 heterocycles. The van der Waals surface area contributed by atoms with Crippen molar-refractivity contribution in [1.29, 1.82) is 0 Å². The highest BCUT2D eigenvalue weighted by atomic mass is 32.2. The van der Waals surface area contributed by atoms with E-state index in [4.69, 9.17) is 14.2 Å². The lowest BCUT2D eigenvalue weighted by atomic mass is 10.1. The van der Waals surface area contributed by atoms with Crippen LogP contribution in [0, 0.1) is 6.92 Å². The average molecular weight is 389 g/mol. The van der Waals surface area contributed by atoms with Crippen molar-refractivity contribution in [2.75, 3.05) is 26.6 Å². The van der Waals surface area contributed by atoms with Gasteiger partial charge >= 0.3 is 5.97 Å². The van der Waals surface area contributed by atoms with Crippen LogP contribution in [0.1, 0.15) is 22.8 Å². The van der Waals surface area contributed by atoms with Gasteiger partial charge in [0.05, 0.1) is 37.8 Å². The maximum atomic E-state index is 12.6. The van der Waals surface area contributed by atoms with Crippen LogP contribution in [0.4, 0.5) is 5.69 Å². The van der Waals surface area contributed by atoms with Crippen LogP contribution in [-0.4, -0.2) is 38.5 Å². The quantitative estimate of drug-likeness (QED) is 0.572. The number of carbonyl (C=O) groups is 2. The standard InChI is InChI=1S/C20H23NO5S/c1-12-6-8-14(9-7-12)27-13(2)19(22)21-16-11-18(25-4)17(24-3)10-15(16)20(23)26-5/h6-11,13H,1-5H3,(H,21,22)/t13-/m1/s1. The van der Waals surface area contributed by atoms with Crippen molar-refractivity contribution in [3.05, 3.63) is 47.5 Å². The molecule has 0 saturated carbocycles. The van der Waals surface area contributed by atoms with E-state index in [2.05, 4.69) is 5.32 Å². The molecule has 2 aromatic carbocycles. The van der Waals surface area contributed by atoms with Crippen LogP contribution < -0.4 is 14.8 Å². The van der Waals surface area contributed by atoms with Crippen LogP contribution in [0.2, 0.25) is 0 Å². The van der Waals surface area contributed by atoms with Gasteiger partial charge in [-0.3, -0.25) is 4.79 Å². The number of amides is 1. The second kappa shape index (κ2) is 9.32. The molecule has 0 aliphatic rings. The molecule has 6 nitrogen and oxygen atoms in total. The van der Waals surface area contributed by atoms with E-state index in [9.17, 15) is 9.59 Å². The number of methoxy groups -OCH3 is 3. The van der Waals surface area contributed by atoms with E-state index in [1.165, 1.54) is 39.2 Å². The molecular formula is C20H23NO5S. The van der Waals surface area contributed by atoms with Gasteiger partial charge < -0.3 is 19.5 Å². The summed E-state index contributed by atoms with van der Waals surface area (Å²) in [5.41, 5.74) is 1.65. The molecule has 0 radical (unpaired) electrons. The van der Waals surface area contributed by atoms with Crippen molar-refractivity contribution in [3.8, 4) is 11.5 Å². The number of anilines is 1. The molecule has 144 valence electrons. The SMILES string of the molecule is COC(=O)c1cc(OC)c(OC)cc1NC(=O)[C@@H](C)Sc1ccc(C)cc1. The number of ether oxygens (including phenoxy) is 3. The van der Waals surface area contributed by atoms with Gasteiger partial charge in [-0.15, -0.1) is 11.8 Å². The minimum atomic E-state index is -0.579. The van der Waals surface area contributed by atoms with Gasteiger partial charge in [0.2, 0.25) is 5.91 Å². The van der Waals surface area contributed by atoms with Crippen LogP contribution in [0.15, 0.2) is 41.3 Å². The third-order valence-corrected chi connectivity index (χ3v) is 5.00. The number of carbonyl (C=O) groups excluding carboxylic acids is 2. The van der Waals surface area contributed by atoms with Gasteiger partial charge in [-0.2, -0.15) is 0 Å². The van der Waals surface area contributed by atoms with E-state index in [-0.39, 0.29) is 16.7 Å². The van der Waals surface area contributed by atoms with Gasteiger partial charge in [0.25, 0.3) is 0 Å². The summed E-state index contributed by atoms with van der Waals surface area (Å²) < 4.78 is 15.3. The molecule has 1 N–H and O–H groups in total. The summed E-state index contributed by atoms with van der Waals surface area (Å²) in [7, 11) is 4.23. The first kappa shape index (κ1) is 20.6. The summed E-state index contributed by atoms with van der Waals surface area (Å²) in [5.74, 6) is -0.0414. The van der Waals surface area contributed by atoms with Gasteiger partial charge in [-0.25, -0.2) is 4.79 Å². The number of hydrogen-bond donors (Lipinski definition) is 1. The Hall–Kier alpha value is -2.67. The van der Waals surface area contributed by atoms with E-state index < -0.39 is 5.97 Å². The number of thioether (sulfide) groups is 1. The summed E-state index contributed by atoms with van der Waals surface area (Å²) >= 11 is 1.43. The van der Waals surface area contributed by atoms with Crippen LogP contribution in [-0.2, 0) is 9.53 Å². The van der Waals surface area contributed by atoms with Crippen LogP contribution >= 0.6 is 11.8 Å². The largest absolute Gasteiger partial charge is 0.493 e. The summed E-state index contributed by atoms with van der Waals surface area (Å²) in [4.78, 5) is 25.7. The lowest BCUT2D eigenvalue weighted by Gasteiger charge is -2.16. The Morgan fingerprint density at radius 1 is 1.00 bits per heavy atom. The number of esters is 1. The fourth-order valence-electron chi connectivity index (χ4n) is 2.37. The minimum Gasteiger partial charge on any atom is -0.493 e. The molecule has 0 aliphatic heterocycles. The Balaban J connectivity index is 2.24. The zero-order valence-electron chi connectivity index (χ0n) is 16.0. The molecule has 0 unspecified atom stereocenters. The first-order valence-electron chi connectivity index (χ1n) is 8.28. The number of rotatable bonds is 7. The molecule has 0 aliphatic carbocycles. The van der Waals surface area contributed by atoms with Crippen molar-refractivity contribution in [2.45, 2.75) is 24.0 Å². The third kappa shape index (κ3) is 5.17. The molecule has 0 saturated heterocycles. The van der Waals surface area contributed by atoms with Gasteiger partial charge in [-0.05, 0) is 26.0 Å². The van der Waals surface area contributed by atoms with Gasteiger partial charge in [0.1, 0.15) is 0 Å². The number of nitrogens with one attached hydrogen (secondary N) is 1. The van der Waals surface area contributed by atoms with Crippen LogP contribution in [0.5, 0.6) is 11.5 Å². The molecule has 27 heavy (non-hydrogen) atoms. The predicted molar refractivity (Wildman–Crippen MR) is 106 cm³/mol. The van der Waals surface area contributed by atoms with E-state index in [0.29, 0.717) is 17.2 Å². The van der Waals surface area contributed by atoms with Crippen molar-refractivity contribution < 1.29 is 23.8 Å². The van der Waals surface area contributed by atoms with E-state index in [1.54, 1.807) is 13.0 Å². The summed E-state index contributed by atoms with van der Waals surface area (Å²) in [6.07, 6.45) is 0. The van der Waals surface area contributed by atoms with E-state index >= 15 is 0 Å². The Morgan fingerprint density at radius 3 is 2.15 bits per heavy atom. The fraction of sp³-hybridized carbons (Fsp3) is 0.300. The number of benzene rings is 2. The maximum absolute atomic E-state index is 12.6. The third-order valence-electron chi connectivity index (χ3n) is 3.89. The first-order chi connectivity index (χ1) is 12.9. The topological polar surface area (TPSA) is 73.9 Å². The van der Waals surface area contributed by atoms with E-state index in [1.807, 2.05) is 31.2 Å². The highest BCUT2D eigenvalue weighted by Crippen LogP contribution is 2.34. The summed E-state index contributed by atoms with van der Waals surface area (Å²) in [6, 6.07) is 11.0. The molecule has 1 amide bonds. The molecule has 0 fully saturated rings. The Morgan fingerprint density at radius 2 is 1.59 bits per heavy atom. The number of aryl methyl sites for hydroxylation is 1. The smallest absolute Gasteiger partial charge is 0.340 e. The molecule has 0 spiro atoms.